The van der Waals surface area contributed by atoms with Crippen molar-refractivity contribution in [1.82, 2.24) is 9.78 Å². The molecule has 0 atom stereocenters. The normalized spacial score (nSPS) is 12.7. The third-order valence-electron chi connectivity index (χ3n) is 5.10. The second kappa shape index (κ2) is 8.75. The highest BCUT2D eigenvalue weighted by Crippen LogP contribution is 2.29. The highest BCUT2D eigenvalue weighted by Gasteiger charge is 2.25. The standard InChI is InChI=1S/C23H23N3O3S/c1-16-23(17(2)26(24-16)19-9-4-3-5-10-19)30-15-22(28)29-14-21(27)25-13-12-18-8-6-7-11-20(18)25/h3-11H,12-15H2,1-2H3. The molecule has 0 aliphatic carbocycles. The number of fused-ring (bicyclic) bond motifs is 1. The van der Waals surface area contributed by atoms with Crippen molar-refractivity contribution in [2.24, 2.45) is 0 Å². The third-order valence-corrected chi connectivity index (χ3v) is 6.36. The van der Waals surface area contributed by atoms with Gasteiger partial charge in [0.25, 0.3) is 5.91 Å². The Labute approximate surface area is 179 Å². The molecule has 7 heteroatoms. The summed E-state index contributed by atoms with van der Waals surface area (Å²) < 4.78 is 7.12. The predicted octanol–water partition coefficient (Wildman–Crippen LogP) is 3.71. The molecule has 0 fully saturated rings. The lowest BCUT2D eigenvalue weighted by molar-refractivity contribution is -0.145. The van der Waals surface area contributed by atoms with Gasteiger partial charge in [-0.3, -0.25) is 9.59 Å². The highest BCUT2D eigenvalue weighted by molar-refractivity contribution is 8.00. The lowest BCUT2D eigenvalue weighted by Gasteiger charge is -2.17. The fraction of sp³-hybridized carbons (Fsp3) is 0.261. The summed E-state index contributed by atoms with van der Waals surface area (Å²) in [7, 11) is 0. The van der Waals surface area contributed by atoms with Gasteiger partial charge in [-0.25, -0.2) is 4.68 Å². The molecule has 4 rings (SSSR count). The molecule has 154 valence electrons. The maximum Gasteiger partial charge on any atom is 0.316 e. The van der Waals surface area contributed by atoms with Crippen molar-refractivity contribution in [1.29, 1.82) is 0 Å². The minimum absolute atomic E-state index is 0.131. The number of aromatic nitrogens is 2. The summed E-state index contributed by atoms with van der Waals surface area (Å²) in [4.78, 5) is 27.4. The Kier molecular flexibility index (Phi) is 5.90. The van der Waals surface area contributed by atoms with E-state index in [1.165, 1.54) is 11.8 Å². The Morgan fingerprint density at radius 2 is 1.80 bits per heavy atom. The van der Waals surface area contributed by atoms with Crippen LogP contribution in [0.3, 0.4) is 0 Å². The summed E-state index contributed by atoms with van der Waals surface area (Å²) in [6.07, 6.45) is 0.829. The van der Waals surface area contributed by atoms with Crippen molar-refractivity contribution in [3.8, 4) is 5.69 Å². The average Bonchev–Trinajstić information content (AvgIpc) is 3.32. The number of thioether (sulfide) groups is 1. The molecule has 2 heterocycles. The summed E-state index contributed by atoms with van der Waals surface area (Å²) in [5.74, 6) is -0.471. The Morgan fingerprint density at radius 1 is 1.07 bits per heavy atom. The number of para-hydroxylation sites is 2. The SMILES string of the molecule is Cc1nn(-c2ccccc2)c(C)c1SCC(=O)OCC(=O)N1CCc2ccccc21. The van der Waals surface area contributed by atoms with Crippen LogP contribution in [-0.2, 0) is 20.7 Å². The zero-order chi connectivity index (χ0) is 21.1. The first-order valence-corrected chi connectivity index (χ1v) is 10.8. The molecule has 0 saturated carbocycles. The summed E-state index contributed by atoms with van der Waals surface area (Å²) in [5.41, 5.74) is 4.87. The van der Waals surface area contributed by atoms with Crippen LogP contribution in [0.1, 0.15) is 17.0 Å². The van der Waals surface area contributed by atoms with Gasteiger partial charge in [0, 0.05) is 12.2 Å². The number of hydrogen-bond donors (Lipinski definition) is 0. The van der Waals surface area contributed by atoms with Gasteiger partial charge in [-0.15, -0.1) is 11.8 Å². The van der Waals surface area contributed by atoms with Crippen molar-refractivity contribution >= 4 is 29.3 Å². The van der Waals surface area contributed by atoms with Crippen molar-refractivity contribution < 1.29 is 14.3 Å². The highest BCUT2D eigenvalue weighted by atomic mass is 32.2. The molecule has 1 aromatic heterocycles. The van der Waals surface area contributed by atoms with Crippen LogP contribution in [0.5, 0.6) is 0 Å². The van der Waals surface area contributed by atoms with Crippen LogP contribution in [-0.4, -0.2) is 40.6 Å². The smallest absolute Gasteiger partial charge is 0.316 e. The van der Waals surface area contributed by atoms with E-state index in [4.69, 9.17) is 4.74 Å². The van der Waals surface area contributed by atoms with E-state index in [-0.39, 0.29) is 18.3 Å². The van der Waals surface area contributed by atoms with E-state index in [0.29, 0.717) is 6.54 Å². The zero-order valence-corrected chi connectivity index (χ0v) is 17.8. The number of hydrogen-bond acceptors (Lipinski definition) is 5. The van der Waals surface area contributed by atoms with Crippen molar-refractivity contribution in [2.45, 2.75) is 25.2 Å². The lowest BCUT2D eigenvalue weighted by atomic mass is 10.2. The van der Waals surface area contributed by atoms with Crippen LogP contribution in [0.4, 0.5) is 5.69 Å². The number of amides is 1. The Hall–Kier alpha value is -3.06. The molecule has 0 radical (unpaired) electrons. The summed E-state index contributed by atoms with van der Waals surface area (Å²) >= 11 is 1.39. The van der Waals surface area contributed by atoms with Crippen LogP contribution in [0, 0.1) is 13.8 Å². The van der Waals surface area contributed by atoms with Crippen molar-refractivity contribution in [2.75, 3.05) is 23.8 Å². The Morgan fingerprint density at radius 3 is 2.60 bits per heavy atom. The molecular weight excluding hydrogens is 398 g/mol. The van der Waals surface area contributed by atoms with Gasteiger partial charge in [-0.2, -0.15) is 5.10 Å². The molecule has 2 aromatic carbocycles. The van der Waals surface area contributed by atoms with Crippen LogP contribution >= 0.6 is 11.8 Å². The number of ether oxygens (including phenoxy) is 1. The lowest BCUT2D eigenvalue weighted by Crippen LogP contribution is -2.33. The number of esters is 1. The molecule has 0 spiro atoms. The van der Waals surface area contributed by atoms with Gasteiger partial charge < -0.3 is 9.64 Å². The molecular formula is C23H23N3O3S. The second-order valence-corrected chi connectivity index (χ2v) is 8.11. The van der Waals surface area contributed by atoms with E-state index < -0.39 is 5.97 Å². The van der Waals surface area contributed by atoms with Gasteiger partial charge in [-0.05, 0) is 44.0 Å². The van der Waals surface area contributed by atoms with Gasteiger partial charge in [0.2, 0.25) is 0 Å². The molecule has 6 nitrogen and oxygen atoms in total. The molecule has 1 aliphatic rings. The summed E-state index contributed by atoms with van der Waals surface area (Å²) in [5, 5.41) is 4.59. The van der Waals surface area contributed by atoms with E-state index in [1.54, 1.807) is 4.90 Å². The third kappa shape index (κ3) is 4.11. The molecule has 1 aliphatic heterocycles. The molecule has 30 heavy (non-hydrogen) atoms. The second-order valence-electron chi connectivity index (χ2n) is 7.12. The molecule has 1 amide bonds. The fourth-order valence-electron chi connectivity index (χ4n) is 3.65. The maximum atomic E-state index is 12.5. The van der Waals surface area contributed by atoms with Crippen LogP contribution in [0.15, 0.2) is 59.5 Å². The quantitative estimate of drug-likeness (QED) is 0.448. The Bertz CT molecular complexity index is 1080. The summed E-state index contributed by atoms with van der Waals surface area (Å²) in [6, 6.07) is 17.7. The first kappa shape index (κ1) is 20.2. The van der Waals surface area contributed by atoms with Gasteiger partial charge in [-0.1, -0.05) is 36.4 Å². The van der Waals surface area contributed by atoms with Gasteiger partial charge in [0.15, 0.2) is 6.61 Å². The number of benzene rings is 2. The molecule has 0 saturated heterocycles. The van der Waals surface area contributed by atoms with Crippen LogP contribution < -0.4 is 4.90 Å². The monoisotopic (exact) mass is 421 g/mol. The summed E-state index contributed by atoms with van der Waals surface area (Å²) in [6.45, 7) is 4.29. The largest absolute Gasteiger partial charge is 0.455 e. The van der Waals surface area contributed by atoms with Crippen molar-refractivity contribution in [3.63, 3.8) is 0 Å². The van der Waals surface area contributed by atoms with E-state index in [9.17, 15) is 9.59 Å². The van der Waals surface area contributed by atoms with Gasteiger partial charge in [0.05, 0.1) is 27.7 Å². The number of rotatable bonds is 6. The van der Waals surface area contributed by atoms with E-state index in [2.05, 4.69) is 5.10 Å². The van der Waals surface area contributed by atoms with Gasteiger partial charge in [0.1, 0.15) is 0 Å². The minimum Gasteiger partial charge on any atom is -0.455 e. The Balaban J connectivity index is 1.33. The maximum absolute atomic E-state index is 12.5. The number of aryl methyl sites for hydroxylation is 1. The molecule has 3 aromatic rings. The molecule has 0 unspecified atom stereocenters. The van der Waals surface area contributed by atoms with Gasteiger partial charge >= 0.3 is 5.97 Å². The zero-order valence-electron chi connectivity index (χ0n) is 17.0. The number of carbonyl (C=O) groups is 2. The molecule has 0 bridgehead atoms. The van der Waals surface area contributed by atoms with Crippen molar-refractivity contribution in [3.05, 3.63) is 71.5 Å². The van der Waals surface area contributed by atoms with E-state index >= 15 is 0 Å². The predicted molar refractivity (Wildman–Crippen MR) is 117 cm³/mol. The first-order valence-electron chi connectivity index (χ1n) is 9.83. The number of nitrogens with zero attached hydrogens (tertiary/aromatic N) is 3. The van der Waals surface area contributed by atoms with E-state index in [0.717, 1.165) is 39.6 Å². The first-order chi connectivity index (χ1) is 14.5. The minimum atomic E-state index is -0.410. The fourth-order valence-corrected chi connectivity index (χ4v) is 4.54. The van der Waals surface area contributed by atoms with Crippen LogP contribution in [0.2, 0.25) is 0 Å². The van der Waals surface area contributed by atoms with E-state index in [1.807, 2.05) is 73.1 Å². The average molecular weight is 422 g/mol. The topological polar surface area (TPSA) is 64.4 Å². The molecule has 0 N–H and O–H groups in total. The number of carbonyl (C=O) groups excluding carboxylic acids is 2. The van der Waals surface area contributed by atoms with Crippen LogP contribution in [0.25, 0.3) is 5.69 Å². The number of anilines is 1.